The molecule has 2 N–H and O–H groups in total. The summed E-state index contributed by atoms with van der Waals surface area (Å²) >= 11 is 5.44. The highest BCUT2D eigenvalue weighted by atomic mass is 79.9. The van der Waals surface area contributed by atoms with Gasteiger partial charge in [-0.1, -0.05) is 0 Å². The van der Waals surface area contributed by atoms with Gasteiger partial charge in [0.2, 0.25) is 0 Å². The van der Waals surface area contributed by atoms with E-state index in [4.69, 9.17) is 4.74 Å². The average Bonchev–Trinajstić information content (AvgIpc) is 2.95. The molecule has 0 saturated heterocycles. The Morgan fingerprint density at radius 3 is 2.91 bits per heavy atom. The fraction of sp³-hybridized carbons (Fsp3) is 0.688. The van der Waals surface area contributed by atoms with Crippen molar-refractivity contribution in [2.24, 2.45) is 0 Å². The van der Waals surface area contributed by atoms with Crippen molar-refractivity contribution in [1.82, 2.24) is 10.6 Å². The van der Waals surface area contributed by atoms with Gasteiger partial charge in [-0.2, -0.15) is 0 Å². The van der Waals surface area contributed by atoms with Crippen molar-refractivity contribution < 1.29 is 9.53 Å². The van der Waals surface area contributed by atoms with E-state index in [-0.39, 0.29) is 12.1 Å². The van der Waals surface area contributed by atoms with Crippen LogP contribution in [-0.2, 0) is 11.2 Å². The second kappa shape index (κ2) is 6.13. The molecule has 0 radical (unpaired) electrons. The Labute approximate surface area is 144 Å². The Morgan fingerprint density at radius 1 is 1.41 bits per heavy atom. The summed E-state index contributed by atoms with van der Waals surface area (Å²) in [5.74, 6) is 0. The predicted octanol–water partition coefficient (Wildman–Crippen LogP) is 4.14. The second-order valence-electron chi connectivity index (χ2n) is 7.14. The zero-order chi connectivity index (χ0) is 15.9. The molecule has 4 nitrogen and oxygen atoms in total. The van der Waals surface area contributed by atoms with Crippen LogP contribution in [0.2, 0.25) is 0 Å². The molecule has 3 atom stereocenters. The molecule has 0 spiro atoms. The minimum absolute atomic E-state index is 0.197. The van der Waals surface area contributed by atoms with Crippen molar-refractivity contribution in [2.45, 2.75) is 70.2 Å². The van der Waals surface area contributed by atoms with Gasteiger partial charge < -0.3 is 15.4 Å². The fourth-order valence-electron chi connectivity index (χ4n) is 2.95. The molecule has 1 aromatic heterocycles. The van der Waals surface area contributed by atoms with E-state index in [1.165, 1.54) is 33.5 Å². The summed E-state index contributed by atoms with van der Waals surface area (Å²) in [6.07, 6.45) is 4.26. The number of halogens is 1. The van der Waals surface area contributed by atoms with Crippen LogP contribution in [0.1, 0.15) is 56.5 Å². The van der Waals surface area contributed by atoms with E-state index >= 15 is 0 Å². The van der Waals surface area contributed by atoms with Crippen LogP contribution < -0.4 is 10.6 Å². The van der Waals surface area contributed by atoms with Crippen LogP contribution in [0, 0.1) is 0 Å². The summed E-state index contributed by atoms with van der Waals surface area (Å²) in [6.45, 7) is 5.65. The molecule has 2 aliphatic carbocycles. The second-order valence-corrected chi connectivity index (χ2v) is 9.65. The Kier molecular flexibility index (Phi) is 4.54. The molecule has 1 heterocycles. The number of amides is 1. The minimum Gasteiger partial charge on any atom is -0.444 e. The van der Waals surface area contributed by atoms with Gasteiger partial charge in [-0.05, 0) is 74.0 Å². The number of hydrogen-bond donors (Lipinski definition) is 2. The topological polar surface area (TPSA) is 50.4 Å². The van der Waals surface area contributed by atoms with Gasteiger partial charge in [0, 0.05) is 23.0 Å². The monoisotopic (exact) mass is 386 g/mol. The van der Waals surface area contributed by atoms with Gasteiger partial charge in [0.05, 0.1) is 3.79 Å². The van der Waals surface area contributed by atoms with E-state index in [1.54, 1.807) is 0 Å². The number of nitrogens with one attached hydrogen (secondary N) is 2. The molecule has 2 aliphatic rings. The quantitative estimate of drug-likeness (QED) is 0.820. The number of aryl methyl sites for hydroxylation is 1. The van der Waals surface area contributed by atoms with Gasteiger partial charge in [0.1, 0.15) is 5.60 Å². The first-order valence-corrected chi connectivity index (χ1v) is 9.46. The smallest absolute Gasteiger partial charge is 0.407 e. The highest BCUT2D eigenvalue weighted by Crippen LogP contribution is 2.39. The van der Waals surface area contributed by atoms with Gasteiger partial charge in [-0.25, -0.2) is 4.79 Å². The van der Waals surface area contributed by atoms with Crippen molar-refractivity contribution in [1.29, 1.82) is 0 Å². The maximum atomic E-state index is 11.8. The molecule has 0 bridgehead atoms. The van der Waals surface area contributed by atoms with E-state index in [2.05, 4.69) is 32.6 Å². The molecule has 0 aromatic carbocycles. The molecule has 3 unspecified atom stereocenters. The van der Waals surface area contributed by atoms with E-state index in [0.29, 0.717) is 12.1 Å². The van der Waals surface area contributed by atoms with Crippen molar-refractivity contribution in [3.05, 3.63) is 20.3 Å². The van der Waals surface area contributed by atoms with E-state index in [1.807, 2.05) is 32.1 Å². The maximum Gasteiger partial charge on any atom is 0.407 e. The lowest BCUT2D eigenvalue weighted by Crippen LogP contribution is -2.37. The maximum absolute atomic E-state index is 11.8. The summed E-state index contributed by atoms with van der Waals surface area (Å²) in [4.78, 5) is 13.3. The van der Waals surface area contributed by atoms with Crippen LogP contribution >= 0.6 is 27.3 Å². The Bertz CT molecular complexity index is 567. The summed E-state index contributed by atoms with van der Waals surface area (Å²) in [5.41, 5.74) is 0.995. The number of alkyl carbamates (subject to hydrolysis) is 1. The molecule has 1 saturated carbocycles. The first-order valence-electron chi connectivity index (χ1n) is 7.85. The van der Waals surface area contributed by atoms with Crippen molar-refractivity contribution in [3.8, 4) is 0 Å². The molecule has 3 rings (SSSR count). The molecule has 122 valence electrons. The molecule has 22 heavy (non-hydrogen) atoms. The Hall–Kier alpha value is -0.590. The highest BCUT2D eigenvalue weighted by molar-refractivity contribution is 9.11. The van der Waals surface area contributed by atoms with Crippen LogP contribution in [0.4, 0.5) is 4.79 Å². The Morgan fingerprint density at radius 2 is 2.18 bits per heavy atom. The molecule has 1 amide bonds. The van der Waals surface area contributed by atoms with Crippen molar-refractivity contribution in [3.63, 3.8) is 0 Å². The third-order valence-corrected chi connectivity index (χ3v) is 5.71. The lowest BCUT2D eigenvalue weighted by atomic mass is 9.94. The number of ether oxygens (including phenoxy) is 1. The van der Waals surface area contributed by atoms with Crippen molar-refractivity contribution >= 4 is 33.4 Å². The normalized spacial score (nSPS) is 27.2. The molecular formula is C16H23BrN2O2S. The number of hydrogen-bond acceptors (Lipinski definition) is 4. The van der Waals surface area contributed by atoms with Gasteiger partial charge in [-0.3, -0.25) is 0 Å². The molecule has 1 fully saturated rings. The third kappa shape index (κ3) is 4.03. The first kappa shape index (κ1) is 16.3. The van der Waals surface area contributed by atoms with Crippen LogP contribution in [0.3, 0.4) is 0 Å². The molecule has 6 heteroatoms. The van der Waals surface area contributed by atoms with Crippen LogP contribution in [0.15, 0.2) is 9.85 Å². The predicted molar refractivity (Wildman–Crippen MR) is 92.4 cm³/mol. The minimum atomic E-state index is -0.441. The molecule has 0 aliphatic heterocycles. The number of carbonyl (C=O) groups is 1. The highest BCUT2D eigenvalue weighted by Gasteiger charge is 2.41. The van der Waals surface area contributed by atoms with E-state index < -0.39 is 5.60 Å². The summed E-state index contributed by atoms with van der Waals surface area (Å²) in [6, 6.07) is 3.22. The fourth-order valence-corrected chi connectivity index (χ4v) is 4.77. The van der Waals surface area contributed by atoms with Crippen molar-refractivity contribution in [2.75, 3.05) is 0 Å². The SMILES string of the molecule is CC(C)(C)OC(=O)NC1CC1NC1CCCc2sc(Br)cc21. The standard InChI is InChI=1S/C16H23BrN2O2S/c1-16(2,3)21-15(20)19-12-8-11(12)18-10-5-4-6-13-9(10)7-14(17)22-13/h7,10-12,18H,4-6,8H2,1-3H3,(H,19,20). The summed E-state index contributed by atoms with van der Waals surface area (Å²) < 4.78 is 6.52. The Balaban J connectivity index is 1.51. The lowest BCUT2D eigenvalue weighted by molar-refractivity contribution is 0.0521. The molecule has 1 aromatic rings. The summed E-state index contributed by atoms with van der Waals surface area (Å²) in [5, 5.41) is 6.65. The lowest BCUT2D eigenvalue weighted by Gasteiger charge is -2.24. The van der Waals surface area contributed by atoms with Crippen LogP contribution in [0.25, 0.3) is 0 Å². The number of fused-ring (bicyclic) bond motifs is 1. The number of rotatable bonds is 3. The van der Waals surface area contributed by atoms with Crippen LogP contribution in [0.5, 0.6) is 0 Å². The first-order chi connectivity index (χ1) is 10.3. The zero-order valence-corrected chi connectivity index (χ0v) is 15.6. The molecular weight excluding hydrogens is 364 g/mol. The van der Waals surface area contributed by atoms with E-state index in [0.717, 1.165) is 6.42 Å². The summed E-state index contributed by atoms with van der Waals surface area (Å²) in [7, 11) is 0. The number of carbonyl (C=O) groups excluding carboxylic acids is 1. The van der Waals surface area contributed by atoms with Gasteiger partial charge in [0.25, 0.3) is 0 Å². The zero-order valence-electron chi connectivity index (χ0n) is 13.2. The van der Waals surface area contributed by atoms with E-state index in [9.17, 15) is 4.79 Å². The average molecular weight is 387 g/mol. The van der Waals surface area contributed by atoms with Gasteiger partial charge >= 0.3 is 6.09 Å². The third-order valence-electron chi connectivity index (χ3n) is 3.99. The number of thiophene rings is 1. The van der Waals surface area contributed by atoms with Gasteiger partial charge in [0.15, 0.2) is 0 Å². The van der Waals surface area contributed by atoms with Crippen LogP contribution in [-0.4, -0.2) is 23.8 Å². The largest absolute Gasteiger partial charge is 0.444 e. The van der Waals surface area contributed by atoms with Gasteiger partial charge in [-0.15, -0.1) is 11.3 Å².